The van der Waals surface area contributed by atoms with E-state index in [1.807, 2.05) is 16.8 Å². The quantitative estimate of drug-likeness (QED) is 0.519. The van der Waals surface area contributed by atoms with E-state index in [1.54, 1.807) is 17.8 Å². The average molecular weight is 404 g/mol. The summed E-state index contributed by atoms with van der Waals surface area (Å²) in [6.45, 7) is 0.931. The summed E-state index contributed by atoms with van der Waals surface area (Å²) in [5.74, 6) is 1.03. The first-order valence-corrected chi connectivity index (χ1v) is 10.6. The minimum Gasteiger partial charge on any atom is -0.370 e. The van der Waals surface area contributed by atoms with Crippen molar-refractivity contribution < 1.29 is 0 Å². The number of aromatic nitrogens is 2. The number of nitrogens with one attached hydrogen (secondary N) is 1. The van der Waals surface area contributed by atoms with Crippen molar-refractivity contribution in [3.8, 4) is 16.9 Å². The molecule has 6 heteroatoms. The van der Waals surface area contributed by atoms with E-state index in [2.05, 4.69) is 35.8 Å². The molecule has 1 aromatic heterocycles. The van der Waals surface area contributed by atoms with Crippen LogP contribution in [0.15, 0.2) is 47.4 Å². The third kappa shape index (κ3) is 3.11. The largest absolute Gasteiger partial charge is 0.370 e. The number of benzene rings is 2. The summed E-state index contributed by atoms with van der Waals surface area (Å²) in [6, 6.07) is 14.1. The van der Waals surface area contributed by atoms with Crippen LogP contribution in [0.25, 0.3) is 16.9 Å². The molecule has 1 aliphatic rings. The molecular weight excluding hydrogens is 385 g/mol. The predicted molar refractivity (Wildman–Crippen MR) is 112 cm³/mol. The zero-order valence-corrected chi connectivity index (χ0v) is 16.8. The van der Waals surface area contributed by atoms with Gasteiger partial charge < -0.3 is 5.32 Å². The molecule has 26 heavy (non-hydrogen) atoms. The highest BCUT2D eigenvalue weighted by atomic mass is 35.5. The Hall–Kier alpha value is -1.62. The first kappa shape index (κ1) is 17.8. The lowest BCUT2D eigenvalue weighted by atomic mass is 10.0. The van der Waals surface area contributed by atoms with Crippen molar-refractivity contribution in [2.24, 2.45) is 0 Å². The van der Waals surface area contributed by atoms with E-state index in [0.29, 0.717) is 10.0 Å². The van der Waals surface area contributed by atoms with Gasteiger partial charge in [-0.15, -0.1) is 11.8 Å². The summed E-state index contributed by atoms with van der Waals surface area (Å²) in [7, 11) is 0. The molecule has 0 unspecified atom stereocenters. The number of thioether (sulfide) groups is 1. The van der Waals surface area contributed by atoms with Gasteiger partial charge >= 0.3 is 0 Å². The minimum atomic E-state index is 0.523. The molecular formula is C20H19Cl2N3S. The van der Waals surface area contributed by atoms with Crippen molar-refractivity contribution in [3.63, 3.8) is 0 Å². The number of hydrogen-bond acceptors (Lipinski definition) is 3. The summed E-state index contributed by atoms with van der Waals surface area (Å²) >= 11 is 14.5. The van der Waals surface area contributed by atoms with Crippen LogP contribution < -0.4 is 5.32 Å². The molecule has 2 heterocycles. The van der Waals surface area contributed by atoms with Crippen LogP contribution in [0, 0.1) is 0 Å². The lowest BCUT2D eigenvalue weighted by Gasteiger charge is -2.11. The van der Waals surface area contributed by atoms with Gasteiger partial charge in [-0.05, 0) is 43.7 Å². The van der Waals surface area contributed by atoms with Gasteiger partial charge in [0.2, 0.25) is 0 Å². The Bertz CT molecular complexity index is 952. The van der Waals surface area contributed by atoms with Gasteiger partial charge in [-0.2, -0.15) is 5.10 Å². The van der Waals surface area contributed by atoms with Crippen LogP contribution in [-0.4, -0.2) is 22.6 Å². The number of hydrogen-bond donors (Lipinski definition) is 1. The number of anilines is 1. The molecule has 0 saturated heterocycles. The molecule has 2 aromatic carbocycles. The lowest BCUT2D eigenvalue weighted by molar-refractivity contribution is 0.779. The second kappa shape index (κ2) is 7.55. The van der Waals surface area contributed by atoms with E-state index in [-0.39, 0.29) is 0 Å². The van der Waals surface area contributed by atoms with E-state index < -0.39 is 0 Å². The second-order valence-electron chi connectivity index (χ2n) is 6.24. The number of rotatable bonds is 3. The molecule has 0 bridgehead atoms. The molecule has 1 aliphatic heterocycles. The molecule has 0 radical (unpaired) electrons. The summed E-state index contributed by atoms with van der Waals surface area (Å²) in [5, 5.41) is 9.60. The van der Waals surface area contributed by atoms with Crippen molar-refractivity contribution >= 4 is 40.8 Å². The van der Waals surface area contributed by atoms with Crippen LogP contribution >= 0.6 is 35.0 Å². The van der Waals surface area contributed by atoms with Crippen molar-refractivity contribution in [1.29, 1.82) is 0 Å². The Balaban J connectivity index is 1.97. The maximum Gasteiger partial charge on any atom is 0.133 e. The van der Waals surface area contributed by atoms with Gasteiger partial charge in [0, 0.05) is 22.6 Å². The summed E-state index contributed by atoms with van der Waals surface area (Å²) in [4.78, 5) is 1.22. The van der Waals surface area contributed by atoms with Gasteiger partial charge in [0.25, 0.3) is 0 Å². The monoisotopic (exact) mass is 403 g/mol. The third-order valence-corrected chi connectivity index (χ3v) is 6.26. The topological polar surface area (TPSA) is 29.9 Å². The van der Waals surface area contributed by atoms with Gasteiger partial charge in [0.15, 0.2) is 0 Å². The standard InChI is InChI=1S/C20H19Cl2N3S/c1-26-17-11-3-2-7-13(17)19-14-8-4-5-12-23-20(14)25(24-19)16-10-6-9-15(21)18(16)22/h2-3,6-7,9-11,23H,4-5,8,12H2,1H3. The van der Waals surface area contributed by atoms with Crippen molar-refractivity contribution in [2.75, 3.05) is 18.1 Å². The van der Waals surface area contributed by atoms with Crippen LogP contribution in [0.4, 0.5) is 5.82 Å². The SMILES string of the molecule is CSc1ccccc1-c1nn(-c2cccc(Cl)c2Cl)c2c1CCCCN2. The Morgan fingerprint density at radius 3 is 2.77 bits per heavy atom. The third-order valence-electron chi connectivity index (χ3n) is 4.65. The number of halogens is 2. The molecule has 3 aromatic rings. The van der Waals surface area contributed by atoms with Crippen LogP contribution in [0.1, 0.15) is 18.4 Å². The summed E-state index contributed by atoms with van der Waals surface area (Å²) in [5.41, 5.74) is 4.24. The summed E-state index contributed by atoms with van der Waals surface area (Å²) in [6.07, 6.45) is 5.38. The molecule has 134 valence electrons. The van der Waals surface area contributed by atoms with E-state index in [1.165, 1.54) is 10.5 Å². The van der Waals surface area contributed by atoms with E-state index in [9.17, 15) is 0 Å². The van der Waals surface area contributed by atoms with Crippen LogP contribution in [0.2, 0.25) is 10.0 Å². The molecule has 0 aliphatic carbocycles. The maximum atomic E-state index is 6.50. The van der Waals surface area contributed by atoms with Gasteiger partial charge in [-0.1, -0.05) is 47.5 Å². The lowest BCUT2D eigenvalue weighted by Crippen LogP contribution is -2.07. The Labute approximate surface area is 167 Å². The average Bonchev–Trinajstić information content (AvgIpc) is 2.85. The smallest absolute Gasteiger partial charge is 0.133 e. The fraction of sp³-hybridized carbons (Fsp3) is 0.250. The van der Waals surface area contributed by atoms with E-state index in [4.69, 9.17) is 28.3 Å². The van der Waals surface area contributed by atoms with Crippen LogP contribution in [0.3, 0.4) is 0 Å². The van der Waals surface area contributed by atoms with Crippen molar-refractivity contribution in [1.82, 2.24) is 9.78 Å². The summed E-state index contributed by atoms with van der Waals surface area (Å²) < 4.78 is 1.92. The van der Waals surface area contributed by atoms with Gasteiger partial charge in [-0.3, -0.25) is 0 Å². The molecule has 4 rings (SSSR count). The molecule has 0 saturated carbocycles. The highest BCUT2D eigenvalue weighted by Gasteiger charge is 2.24. The van der Waals surface area contributed by atoms with Gasteiger partial charge in [0.05, 0.1) is 21.4 Å². The maximum absolute atomic E-state index is 6.50. The molecule has 0 fully saturated rings. The highest BCUT2D eigenvalue weighted by molar-refractivity contribution is 7.98. The van der Waals surface area contributed by atoms with Gasteiger partial charge in [-0.25, -0.2) is 4.68 Å². The van der Waals surface area contributed by atoms with Crippen molar-refractivity contribution in [2.45, 2.75) is 24.2 Å². The highest BCUT2D eigenvalue weighted by Crippen LogP contribution is 2.39. The molecule has 0 atom stereocenters. The van der Waals surface area contributed by atoms with Gasteiger partial charge in [0.1, 0.15) is 5.82 Å². The Morgan fingerprint density at radius 2 is 1.92 bits per heavy atom. The molecule has 1 N–H and O–H groups in total. The fourth-order valence-electron chi connectivity index (χ4n) is 3.39. The first-order chi connectivity index (χ1) is 12.7. The Morgan fingerprint density at radius 1 is 1.08 bits per heavy atom. The van der Waals surface area contributed by atoms with E-state index >= 15 is 0 Å². The van der Waals surface area contributed by atoms with Crippen LogP contribution in [0.5, 0.6) is 0 Å². The number of nitrogens with zero attached hydrogens (tertiary/aromatic N) is 2. The number of fused-ring (bicyclic) bond motifs is 1. The molecule has 0 amide bonds. The molecule has 0 spiro atoms. The molecule has 3 nitrogen and oxygen atoms in total. The normalized spacial score (nSPS) is 13.8. The van der Waals surface area contributed by atoms with E-state index in [0.717, 1.165) is 48.6 Å². The zero-order valence-electron chi connectivity index (χ0n) is 14.4. The fourth-order valence-corrected chi connectivity index (χ4v) is 4.36. The zero-order chi connectivity index (χ0) is 18.1. The second-order valence-corrected chi connectivity index (χ2v) is 7.88. The Kier molecular flexibility index (Phi) is 5.16. The minimum absolute atomic E-state index is 0.523. The predicted octanol–water partition coefficient (Wildman–Crippen LogP) is 6.32. The first-order valence-electron chi connectivity index (χ1n) is 8.64. The van der Waals surface area contributed by atoms with Crippen LogP contribution in [-0.2, 0) is 6.42 Å². The van der Waals surface area contributed by atoms with Crippen molar-refractivity contribution in [3.05, 3.63) is 58.1 Å².